The fourth-order valence-corrected chi connectivity index (χ4v) is 2.82. The molecule has 1 aromatic carbocycles. The Morgan fingerprint density at radius 2 is 1.90 bits per heavy atom. The van der Waals surface area contributed by atoms with Gasteiger partial charge >= 0.3 is 5.97 Å². The van der Waals surface area contributed by atoms with E-state index >= 15 is 0 Å². The lowest BCUT2D eigenvalue weighted by molar-refractivity contribution is -0.147. The van der Waals surface area contributed by atoms with Gasteiger partial charge in [-0.3, -0.25) is 10.1 Å². The van der Waals surface area contributed by atoms with Crippen LogP contribution in [0.25, 0.3) is 0 Å². The van der Waals surface area contributed by atoms with Crippen LogP contribution in [0.3, 0.4) is 0 Å². The van der Waals surface area contributed by atoms with E-state index in [4.69, 9.17) is 9.47 Å². The van der Waals surface area contributed by atoms with Gasteiger partial charge in [-0.25, -0.2) is 0 Å². The molecule has 1 N–H and O–H groups in total. The maximum absolute atomic E-state index is 11.7. The molecule has 0 atom stereocenters. The van der Waals surface area contributed by atoms with E-state index in [0.717, 1.165) is 18.6 Å². The van der Waals surface area contributed by atoms with E-state index in [0.29, 0.717) is 12.0 Å². The fourth-order valence-electron chi connectivity index (χ4n) is 2.82. The molecule has 4 heteroatoms. The van der Waals surface area contributed by atoms with Crippen molar-refractivity contribution in [2.24, 2.45) is 0 Å². The predicted molar refractivity (Wildman–Crippen MR) is 78.0 cm³/mol. The topological polar surface area (TPSA) is 47.6 Å². The molecular formula is C16H23NO3. The highest BCUT2D eigenvalue weighted by molar-refractivity contribution is 5.79. The summed E-state index contributed by atoms with van der Waals surface area (Å²) in [5, 5.41) is 3.37. The smallest absolute Gasteiger partial charge is 0.325 e. The largest absolute Gasteiger partial charge is 0.496 e. The van der Waals surface area contributed by atoms with E-state index in [2.05, 4.69) is 11.4 Å². The van der Waals surface area contributed by atoms with Gasteiger partial charge in [0.25, 0.3) is 0 Å². The zero-order valence-electron chi connectivity index (χ0n) is 12.6. The third-order valence-electron chi connectivity index (χ3n) is 3.98. The first kappa shape index (κ1) is 14.9. The van der Waals surface area contributed by atoms with Gasteiger partial charge in [-0.1, -0.05) is 18.2 Å². The zero-order chi connectivity index (χ0) is 14.8. The highest BCUT2D eigenvalue weighted by atomic mass is 16.5. The van der Waals surface area contributed by atoms with Crippen molar-refractivity contribution >= 4 is 5.97 Å². The summed E-state index contributed by atoms with van der Waals surface area (Å²) in [5.41, 5.74) is 0.620. The number of rotatable bonds is 5. The Labute approximate surface area is 120 Å². The molecule has 0 unspecified atom stereocenters. The average Bonchev–Trinajstić information content (AvgIpc) is 2.41. The molecule has 0 amide bonds. The maximum atomic E-state index is 11.7. The normalized spacial score (nSPS) is 22.0. The van der Waals surface area contributed by atoms with Crippen LogP contribution in [0.2, 0.25) is 0 Å². The van der Waals surface area contributed by atoms with Crippen molar-refractivity contribution in [3.05, 3.63) is 29.8 Å². The van der Waals surface area contributed by atoms with Crippen LogP contribution in [0.4, 0.5) is 0 Å². The molecule has 0 aromatic heterocycles. The van der Waals surface area contributed by atoms with Gasteiger partial charge in [0, 0.05) is 6.04 Å². The van der Waals surface area contributed by atoms with E-state index in [1.165, 1.54) is 12.7 Å². The predicted octanol–water partition coefficient (Wildman–Crippen LogP) is 2.48. The monoisotopic (exact) mass is 277 g/mol. The highest BCUT2D eigenvalue weighted by Gasteiger charge is 2.38. The van der Waals surface area contributed by atoms with Crippen molar-refractivity contribution in [2.45, 2.75) is 44.2 Å². The van der Waals surface area contributed by atoms with E-state index in [-0.39, 0.29) is 5.97 Å². The maximum Gasteiger partial charge on any atom is 0.325 e. The number of carbonyl (C=O) groups is 1. The third kappa shape index (κ3) is 2.96. The standard InChI is InChI=1S/C16H23NO3/c1-16(2,15(18)20-4)17-12-9-11(10-12)13-7-5-6-8-14(13)19-3/h5-8,11-12,17H,9-10H2,1-4H3. The number of carbonyl (C=O) groups excluding carboxylic acids is 1. The summed E-state index contributed by atoms with van der Waals surface area (Å²) in [6.07, 6.45) is 2.03. The second-order valence-corrected chi connectivity index (χ2v) is 5.87. The quantitative estimate of drug-likeness (QED) is 0.840. The number of hydrogen-bond donors (Lipinski definition) is 1. The molecule has 20 heavy (non-hydrogen) atoms. The summed E-state index contributed by atoms with van der Waals surface area (Å²) < 4.78 is 10.2. The number of benzene rings is 1. The van der Waals surface area contributed by atoms with Gasteiger partial charge < -0.3 is 9.47 Å². The first-order valence-electron chi connectivity index (χ1n) is 6.97. The lowest BCUT2D eigenvalue weighted by Gasteiger charge is -2.40. The molecule has 1 aliphatic rings. The van der Waals surface area contributed by atoms with Crippen molar-refractivity contribution < 1.29 is 14.3 Å². The molecule has 0 bridgehead atoms. The molecule has 1 fully saturated rings. The Balaban J connectivity index is 1.93. The van der Waals surface area contributed by atoms with Gasteiger partial charge in [-0.15, -0.1) is 0 Å². The summed E-state index contributed by atoms with van der Waals surface area (Å²) in [7, 11) is 3.12. The molecular weight excluding hydrogens is 254 g/mol. The van der Waals surface area contributed by atoms with Crippen LogP contribution in [-0.2, 0) is 9.53 Å². The second-order valence-electron chi connectivity index (χ2n) is 5.87. The van der Waals surface area contributed by atoms with Crippen molar-refractivity contribution in [3.63, 3.8) is 0 Å². The van der Waals surface area contributed by atoms with Crippen molar-refractivity contribution in [3.8, 4) is 5.75 Å². The van der Waals surface area contributed by atoms with Crippen molar-refractivity contribution in [1.82, 2.24) is 5.32 Å². The highest BCUT2D eigenvalue weighted by Crippen LogP contribution is 2.41. The van der Waals surface area contributed by atoms with Crippen LogP contribution in [-0.4, -0.2) is 31.8 Å². The number of nitrogens with one attached hydrogen (secondary N) is 1. The molecule has 0 radical (unpaired) electrons. The minimum absolute atomic E-state index is 0.224. The molecule has 1 aliphatic carbocycles. The van der Waals surface area contributed by atoms with E-state index < -0.39 is 5.54 Å². The number of ether oxygens (including phenoxy) is 2. The van der Waals surface area contributed by atoms with E-state index in [1.807, 2.05) is 32.0 Å². The average molecular weight is 277 g/mol. The number of esters is 1. The summed E-state index contributed by atoms with van der Waals surface area (Å²) in [6, 6.07) is 8.48. The second kappa shape index (κ2) is 5.83. The van der Waals surface area contributed by atoms with Crippen LogP contribution < -0.4 is 10.1 Å². The molecule has 110 valence electrons. The minimum Gasteiger partial charge on any atom is -0.496 e. The lowest BCUT2D eigenvalue weighted by atomic mass is 9.74. The van der Waals surface area contributed by atoms with Gasteiger partial charge in [0.1, 0.15) is 11.3 Å². The van der Waals surface area contributed by atoms with Crippen molar-refractivity contribution in [1.29, 1.82) is 0 Å². The van der Waals surface area contributed by atoms with Gasteiger partial charge in [0.05, 0.1) is 14.2 Å². The lowest BCUT2D eigenvalue weighted by Crippen LogP contribution is -2.55. The van der Waals surface area contributed by atoms with Gasteiger partial charge in [-0.2, -0.15) is 0 Å². The molecule has 1 aromatic rings. The Morgan fingerprint density at radius 3 is 2.50 bits per heavy atom. The number of para-hydroxylation sites is 1. The fraction of sp³-hybridized carbons (Fsp3) is 0.562. The third-order valence-corrected chi connectivity index (χ3v) is 3.98. The van der Waals surface area contributed by atoms with Crippen LogP contribution in [0, 0.1) is 0 Å². The van der Waals surface area contributed by atoms with Gasteiger partial charge in [0.15, 0.2) is 0 Å². The SMILES string of the molecule is COC(=O)C(C)(C)NC1CC(c2ccccc2OC)C1. The van der Waals surface area contributed by atoms with Crippen LogP contribution in [0.5, 0.6) is 5.75 Å². The molecule has 0 spiro atoms. The van der Waals surface area contributed by atoms with Gasteiger partial charge in [-0.05, 0) is 44.2 Å². The van der Waals surface area contributed by atoms with E-state index in [1.54, 1.807) is 7.11 Å². The van der Waals surface area contributed by atoms with Crippen molar-refractivity contribution in [2.75, 3.05) is 14.2 Å². The Kier molecular flexibility index (Phi) is 4.33. The van der Waals surface area contributed by atoms with Crippen LogP contribution in [0.1, 0.15) is 38.2 Å². The summed E-state index contributed by atoms with van der Waals surface area (Å²) in [5.74, 6) is 1.22. The summed E-state index contributed by atoms with van der Waals surface area (Å²) in [4.78, 5) is 11.7. The Hall–Kier alpha value is -1.55. The molecule has 1 saturated carbocycles. The van der Waals surface area contributed by atoms with Crippen LogP contribution >= 0.6 is 0 Å². The molecule has 4 nitrogen and oxygen atoms in total. The minimum atomic E-state index is -0.634. The summed E-state index contributed by atoms with van der Waals surface area (Å²) in [6.45, 7) is 3.71. The van der Waals surface area contributed by atoms with E-state index in [9.17, 15) is 4.79 Å². The number of hydrogen-bond acceptors (Lipinski definition) is 4. The Morgan fingerprint density at radius 1 is 1.25 bits per heavy atom. The molecule has 0 heterocycles. The van der Waals surface area contributed by atoms with Crippen LogP contribution in [0.15, 0.2) is 24.3 Å². The molecule has 2 rings (SSSR count). The summed E-state index contributed by atoms with van der Waals surface area (Å²) >= 11 is 0. The number of methoxy groups -OCH3 is 2. The Bertz CT molecular complexity index is 478. The molecule has 0 saturated heterocycles. The first-order chi connectivity index (χ1) is 9.47. The molecule has 0 aliphatic heterocycles. The first-order valence-corrected chi connectivity index (χ1v) is 6.97. The zero-order valence-corrected chi connectivity index (χ0v) is 12.6. The van der Waals surface area contributed by atoms with Gasteiger partial charge in [0.2, 0.25) is 0 Å².